The number of hydrogen-bond donors (Lipinski definition) is 2. The molecule has 0 aliphatic heterocycles. The summed E-state index contributed by atoms with van der Waals surface area (Å²) in [6, 6.07) is 4.19. The number of benzene rings is 1. The van der Waals surface area contributed by atoms with E-state index < -0.39 is 23.7 Å². The molecule has 0 aromatic heterocycles. The van der Waals surface area contributed by atoms with E-state index in [0.717, 1.165) is 6.07 Å². The first-order valence-electron chi connectivity index (χ1n) is 5.33. The van der Waals surface area contributed by atoms with Crippen LogP contribution in [0, 0.1) is 5.82 Å². The molecule has 4 nitrogen and oxygen atoms in total. The first-order chi connectivity index (χ1) is 8.04. The highest BCUT2D eigenvalue weighted by Crippen LogP contribution is 2.05. The number of hydrogen-bond acceptors (Lipinski definition) is 2. The monoisotopic (exact) mass is 239 g/mol. The van der Waals surface area contributed by atoms with Gasteiger partial charge in [0.2, 0.25) is 0 Å². The molecule has 1 aromatic carbocycles. The van der Waals surface area contributed by atoms with Crippen LogP contribution in [-0.4, -0.2) is 23.0 Å². The Hall–Kier alpha value is -1.91. The Morgan fingerprint density at radius 2 is 2.18 bits per heavy atom. The van der Waals surface area contributed by atoms with Crippen molar-refractivity contribution in [3.63, 3.8) is 0 Å². The minimum absolute atomic E-state index is 0.118. The lowest BCUT2D eigenvalue weighted by Crippen LogP contribution is -2.40. The van der Waals surface area contributed by atoms with Crippen LogP contribution in [0.3, 0.4) is 0 Å². The smallest absolute Gasteiger partial charge is 0.326 e. The Morgan fingerprint density at radius 1 is 1.47 bits per heavy atom. The van der Waals surface area contributed by atoms with Crippen molar-refractivity contribution >= 4 is 11.9 Å². The van der Waals surface area contributed by atoms with E-state index in [1.165, 1.54) is 18.2 Å². The highest BCUT2D eigenvalue weighted by atomic mass is 19.1. The molecule has 1 unspecified atom stereocenters. The van der Waals surface area contributed by atoms with E-state index in [9.17, 15) is 14.0 Å². The molecule has 1 atom stereocenters. The van der Waals surface area contributed by atoms with Gasteiger partial charge < -0.3 is 10.4 Å². The molecule has 0 bridgehead atoms. The fraction of sp³-hybridized carbons (Fsp3) is 0.333. The van der Waals surface area contributed by atoms with Crippen molar-refractivity contribution in [1.29, 1.82) is 0 Å². The van der Waals surface area contributed by atoms with Gasteiger partial charge in [-0.25, -0.2) is 9.18 Å². The number of carboxylic acid groups (broad SMARTS) is 1. The number of carbonyl (C=O) groups is 2. The zero-order chi connectivity index (χ0) is 12.8. The molecule has 2 N–H and O–H groups in total. The number of carbonyl (C=O) groups excluding carboxylic acids is 1. The molecule has 0 spiro atoms. The fourth-order valence-electron chi connectivity index (χ4n) is 1.42. The van der Waals surface area contributed by atoms with E-state index in [0.29, 0.717) is 12.8 Å². The predicted molar refractivity (Wildman–Crippen MR) is 60.2 cm³/mol. The minimum Gasteiger partial charge on any atom is -0.480 e. The van der Waals surface area contributed by atoms with Gasteiger partial charge >= 0.3 is 5.97 Å². The molecule has 0 fully saturated rings. The summed E-state index contributed by atoms with van der Waals surface area (Å²) in [7, 11) is 0. The van der Waals surface area contributed by atoms with Crippen LogP contribution in [-0.2, 0) is 4.79 Å². The van der Waals surface area contributed by atoms with Gasteiger partial charge in [0, 0.05) is 5.56 Å². The summed E-state index contributed by atoms with van der Waals surface area (Å²) >= 11 is 0. The van der Waals surface area contributed by atoms with Gasteiger partial charge in [0.05, 0.1) is 0 Å². The molecule has 0 aliphatic rings. The quantitative estimate of drug-likeness (QED) is 0.823. The first-order valence-corrected chi connectivity index (χ1v) is 5.33. The van der Waals surface area contributed by atoms with Crippen LogP contribution in [0.5, 0.6) is 0 Å². The summed E-state index contributed by atoms with van der Waals surface area (Å²) in [5.74, 6) is -2.19. The van der Waals surface area contributed by atoms with Crippen LogP contribution in [0.2, 0.25) is 0 Å². The molecule has 92 valence electrons. The molecule has 0 radical (unpaired) electrons. The lowest BCUT2D eigenvalue weighted by Gasteiger charge is -2.13. The van der Waals surface area contributed by atoms with Gasteiger partial charge in [0.1, 0.15) is 11.9 Å². The summed E-state index contributed by atoms with van der Waals surface area (Å²) < 4.78 is 12.9. The maximum atomic E-state index is 12.9. The van der Waals surface area contributed by atoms with Gasteiger partial charge in [0.15, 0.2) is 0 Å². The maximum Gasteiger partial charge on any atom is 0.326 e. The van der Waals surface area contributed by atoms with Crippen LogP contribution in [0.1, 0.15) is 30.1 Å². The van der Waals surface area contributed by atoms with E-state index in [4.69, 9.17) is 5.11 Å². The standard InChI is InChI=1S/C12H14FNO3/c1-2-4-10(12(16)17)14-11(15)8-5-3-6-9(13)7-8/h3,5-7,10H,2,4H2,1H3,(H,14,15)(H,16,17). The molecule has 1 aromatic rings. The average molecular weight is 239 g/mol. The molecular formula is C12H14FNO3. The van der Waals surface area contributed by atoms with Crippen LogP contribution >= 0.6 is 0 Å². The number of halogens is 1. The second-order valence-corrected chi connectivity index (χ2v) is 3.66. The molecule has 17 heavy (non-hydrogen) atoms. The van der Waals surface area contributed by atoms with Crippen molar-refractivity contribution in [2.75, 3.05) is 0 Å². The van der Waals surface area contributed by atoms with Gasteiger partial charge in [0.25, 0.3) is 5.91 Å². The average Bonchev–Trinajstić information content (AvgIpc) is 2.28. The second kappa shape index (κ2) is 5.98. The van der Waals surface area contributed by atoms with Gasteiger partial charge in [-0.15, -0.1) is 0 Å². The van der Waals surface area contributed by atoms with Crippen LogP contribution in [0.15, 0.2) is 24.3 Å². The minimum atomic E-state index is -1.09. The summed E-state index contributed by atoms with van der Waals surface area (Å²) in [6.07, 6.45) is 0.983. The van der Waals surface area contributed by atoms with Crippen molar-refractivity contribution in [3.8, 4) is 0 Å². The van der Waals surface area contributed by atoms with Gasteiger partial charge in [-0.05, 0) is 24.6 Å². The van der Waals surface area contributed by atoms with Gasteiger partial charge in [-0.2, -0.15) is 0 Å². The molecule has 0 saturated carbocycles. The van der Waals surface area contributed by atoms with Crippen LogP contribution < -0.4 is 5.32 Å². The topological polar surface area (TPSA) is 66.4 Å². The molecule has 1 rings (SSSR count). The number of carboxylic acids is 1. The first kappa shape index (κ1) is 13.2. The van der Waals surface area contributed by atoms with Crippen molar-refractivity contribution < 1.29 is 19.1 Å². The highest BCUT2D eigenvalue weighted by Gasteiger charge is 2.19. The van der Waals surface area contributed by atoms with Gasteiger partial charge in [-0.3, -0.25) is 4.79 Å². The lowest BCUT2D eigenvalue weighted by atomic mass is 10.1. The van der Waals surface area contributed by atoms with E-state index in [1.807, 2.05) is 6.92 Å². The Bertz CT molecular complexity index is 420. The fourth-order valence-corrected chi connectivity index (χ4v) is 1.42. The molecule has 1 amide bonds. The SMILES string of the molecule is CCCC(NC(=O)c1cccc(F)c1)C(=O)O. The zero-order valence-corrected chi connectivity index (χ0v) is 9.44. The Labute approximate surface area is 98.5 Å². The summed E-state index contributed by atoms with van der Waals surface area (Å²) in [4.78, 5) is 22.5. The molecule has 0 heterocycles. The largest absolute Gasteiger partial charge is 0.480 e. The van der Waals surface area contributed by atoms with E-state index >= 15 is 0 Å². The molecule has 0 aliphatic carbocycles. The van der Waals surface area contributed by atoms with Crippen molar-refractivity contribution in [1.82, 2.24) is 5.32 Å². The number of nitrogens with one attached hydrogen (secondary N) is 1. The Morgan fingerprint density at radius 3 is 2.71 bits per heavy atom. The van der Waals surface area contributed by atoms with Gasteiger partial charge in [-0.1, -0.05) is 19.4 Å². The highest BCUT2D eigenvalue weighted by molar-refractivity contribution is 5.96. The third-order valence-electron chi connectivity index (χ3n) is 2.27. The molecular weight excluding hydrogens is 225 g/mol. The molecule has 0 saturated heterocycles. The van der Waals surface area contributed by atoms with Crippen molar-refractivity contribution in [3.05, 3.63) is 35.6 Å². The van der Waals surface area contributed by atoms with Crippen molar-refractivity contribution in [2.45, 2.75) is 25.8 Å². The van der Waals surface area contributed by atoms with E-state index in [-0.39, 0.29) is 5.56 Å². The van der Waals surface area contributed by atoms with Crippen LogP contribution in [0.25, 0.3) is 0 Å². The third kappa shape index (κ3) is 3.86. The summed E-state index contributed by atoms with van der Waals surface area (Å²) in [6.45, 7) is 1.82. The third-order valence-corrected chi connectivity index (χ3v) is 2.27. The number of rotatable bonds is 5. The molecule has 5 heteroatoms. The van der Waals surface area contributed by atoms with Crippen molar-refractivity contribution in [2.24, 2.45) is 0 Å². The summed E-state index contributed by atoms with van der Waals surface area (Å²) in [5.41, 5.74) is 0.118. The summed E-state index contributed by atoms with van der Waals surface area (Å²) in [5, 5.41) is 11.2. The Balaban J connectivity index is 2.73. The number of aliphatic carboxylic acids is 1. The normalized spacial score (nSPS) is 11.9. The van der Waals surface area contributed by atoms with E-state index in [1.54, 1.807) is 0 Å². The lowest BCUT2D eigenvalue weighted by molar-refractivity contribution is -0.139. The predicted octanol–water partition coefficient (Wildman–Crippen LogP) is 1.81. The Kier molecular flexibility index (Phi) is 4.63. The van der Waals surface area contributed by atoms with Crippen LogP contribution in [0.4, 0.5) is 4.39 Å². The maximum absolute atomic E-state index is 12.9. The van der Waals surface area contributed by atoms with E-state index in [2.05, 4.69) is 5.32 Å². The number of amides is 1. The zero-order valence-electron chi connectivity index (χ0n) is 9.44. The second-order valence-electron chi connectivity index (χ2n) is 3.66.